The zero-order chi connectivity index (χ0) is 13.0. The van der Waals surface area contributed by atoms with Crippen LogP contribution in [0.25, 0.3) is 0 Å². The summed E-state index contributed by atoms with van der Waals surface area (Å²) in [7, 11) is 0. The predicted molar refractivity (Wildman–Crippen MR) is 74.4 cm³/mol. The lowest BCUT2D eigenvalue weighted by Crippen LogP contribution is -2.24. The van der Waals surface area contributed by atoms with Gasteiger partial charge in [-0.1, -0.05) is 30.2 Å². The molecule has 0 saturated carbocycles. The lowest BCUT2D eigenvalue weighted by Gasteiger charge is -2.21. The molecule has 0 heterocycles. The highest BCUT2D eigenvalue weighted by Gasteiger charge is 2.21. The van der Waals surface area contributed by atoms with Gasteiger partial charge in [-0.15, -0.1) is 0 Å². The maximum atomic E-state index is 14.0. The quantitative estimate of drug-likeness (QED) is 0.767. The number of halogens is 2. The SMILES string of the molecule is CCCNC(C1=CCCC1)c1cc(Cl)ccc1F. The van der Waals surface area contributed by atoms with E-state index in [9.17, 15) is 4.39 Å². The first-order valence-corrected chi connectivity index (χ1v) is 6.97. The molecule has 0 radical (unpaired) electrons. The van der Waals surface area contributed by atoms with Crippen molar-refractivity contribution in [1.29, 1.82) is 0 Å². The second-order valence-electron chi connectivity index (χ2n) is 4.72. The van der Waals surface area contributed by atoms with E-state index in [0.717, 1.165) is 25.8 Å². The van der Waals surface area contributed by atoms with Gasteiger partial charge in [0.05, 0.1) is 6.04 Å². The molecule has 1 aromatic rings. The van der Waals surface area contributed by atoms with E-state index in [-0.39, 0.29) is 11.9 Å². The van der Waals surface area contributed by atoms with Crippen LogP contribution in [0.1, 0.15) is 44.2 Å². The number of benzene rings is 1. The van der Waals surface area contributed by atoms with Crippen molar-refractivity contribution in [3.05, 3.63) is 46.3 Å². The molecule has 1 N–H and O–H groups in total. The zero-order valence-electron chi connectivity index (χ0n) is 10.7. The Labute approximate surface area is 113 Å². The molecule has 1 atom stereocenters. The van der Waals surface area contributed by atoms with Gasteiger partial charge in [-0.05, 0) is 50.4 Å². The van der Waals surface area contributed by atoms with Gasteiger partial charge in [-0.3, -0.25) is 0 Å². The van der Waals surface area contributed by atoms with E-state index in [1.165, 1.54) is 18.1 Å². The molecule has 0 fully saturated rings. The molecule has 0 saturated heterocycles. The first-order chi connectivity index (χ1) is 8.72. The molecule has 1 nitrogen and oxygen atoms in total. The Morgan fingerprint density at radius 2 is 2.28 bits per heavy atom. The first kappa shape index (κ1) is 13.6. The summed E-state index contributed by atoms with van der Waals surface area (Å²) in [6, 6.07) is 4.77. The van der Waals surface area contributed by atoms with Crippen molar-refractivity contribution >= 4 is 11.6 Å². The number of rotatable bonds is 5. The van der Waals surface area contributed by atoms with Crippen molar-refractivity contribution < 1.29 is 4.39 Å². The van der Waals surface area contributed by atoms with Crippen LogP contribution in [-0.4, -0.2) is 6.54 Å². The van der Waals surface area contributed by atoms with E-state index in [1.54, 1.807) is 12.1 Å². The molecule has 0 spiro atoms. The maximum absolute atomic E-state index is 14.0. The van der Waals surface area contributed by atoms with Crippen molar-refractivity contribution in [2.45, 2.75) is 38.6 Å². The smallest absolute Gasteiger partial charge is 0.128 e. The Morgan fingerprint density at radius 1 is 1.44 bits per heavy atom. The van der Waals surface area contributed by atoms with Crippen LogP contribution < -0.4 is 5.32 Å². The molecule has 1 aliphatic carbocycles. The Kier molecular flexibility index (Phi) is 4.79. The largest absolute Gasteiger partial charge is 0.306 e. The van der Waals surface area contributed by atoms with Crippen LogP contribution in [0.5, 0.6) is 0 Å². The molecule has 1 unspecified atom stereocenters. The fraction of sp³-hybridized carbons (Fsp3) is 0.467. The number of hydrogen-bond donors (Lipinski definition) is 1. The molecular weight excluding hydrogens is 249 g/mol. The molecule has 1 aromatic carbocycles. The van der Waals surface area contributed by atoms with Crippen molar-refractivity contribution in [3.63, 3.8) is 0 Å². The summed E-state index contributed by atoms with van der Waals surface area (Å²) in [5.41, 5.74) is 1.97. The molecule has 2 rings (SSSR count). The molecule has 18 heavy (non-hydrogen) atoms. The summed E-state index contributed by atoms with van der Waals surface area (Å²) in [5, 5.41) is 4.02. The number of allylic oxidation sites excluding steroid dienone is 1. The van der Waals surface area contributed by atoms with Crippen LogP contribution in [0.15, 0.2) is 29.8 Å². The Hall–Kier alpha value is -0.860. The van der Waals surface area contributed by atoms with Crippen LogP contribution in [0.2, 0.25) is 5.02 Å². The van der Waals surface area contributed by atoms with Crippen LogP contribution in [0.3, 0.4) is 0 Å². The fourth-order valence-electron chi connectivity index (χ4n) is 2.42. The average molecular weight is 268 g/mol. The minimum Gasteiger partial charge on any atom is -0.306 e. The number of hydrogen-bond acceptors (Lipinski definition) is 1. The van der Waals surface area contributed by atoms with Crippen LogP contribution in [0.4, 0.5) is 4.39 Å². The monoisotopic (exact) mass is 267 g/mol. The van der Waals surface area contributed by atoms with Gasteiger partial charge in [-0.2, -0.15) is 0 Å². The highest BCUT2D eigenvalue weighted by atomic mass is 35.5. The molecule has 3 heteroatoms. The normalized spacial score (nSPS) is 16.7. The molecular formula is C15H19ClFN. The van der Waals surface area contributed by atoms with E-state index < -0.39 is 0 Å². The van der Waals surface area contributed by atoms with Crippen LogP contribution >= 0.6 is 11.6 Å². The Morgan fingerprint density at radius 3 is 2.94 bits per heavy atom. The Bertz CT molecular complexity index is 442. The van der Waals surface area contributed by atoms with E-state index in [1.807, 2.05) is 0 Å². The van der Waals surface area contributed by atoms with E-state index in [0.29, 0.717) is 10.6 Å². The van der Waals surface area contributed by atoms with Crippen LogP contribution in [-0.2, 0) is 0 Å². The third-order valence-corrected chi connectivity index (χ3v) is 3.55. The minimum absolute atomic E-state index is 0.0221. The van der Waals surface area contributed by atoms with Gasteiger partial charge in [0.25, 0.3) is 0 Å². The predicted octanol–water partition coefficient (Wildman–Crippen LogP) is 4.63. The number of nitrogens with one attached hydrogen (secondary N) is 1. The lowest BCUT2D eigenvalue weighted by molar-refractivity contribution is 0.534. The van der Waals surface area contributed by atoms with Gasteiger partial charge in [0.15, 0.2) is 0 Å². The molecule has 0 amide bonds. The van der Waals surface area contributed by atoms with Gasteiger partial charge in [0.2, 0.25) is 0 Å². The summed E-state index contributed by atoms with van der Waals surface area (Å²) in [6.45, 7) is 3.00. The second-order valence-corrected chi connectivity index (χ2v) is 5.16. The molecule has 0 aliphatic heterocycles. The summed E-state index contributed by atoms with van der Waals surface area (Å²) < 4.78 is 14.0. The standard InChI is InChI=1S/C15H19ClFN/c1-2-9-18-15(11-5-3-4-6-11)13-10-12(16)7-8-14(13)17/h5,7-8,10,15,18H,2-4,6,9H2,1H3. The van der Waals surface area contributed by atoms with Gasteiger partial charge in [0.1, 0.15) is 5.82 Å². The molecule has 1 aliphatic rings. The lowest BCUT2D eigenvalue weighted by atomic mass is 9.97. The highest BCUT2D eigenvalue weighted by molar-refractivity contribution is 6.30. The summed E-state index contributed by atoms with van der Waals surface area (Å²) in [6.07, 6.45) is 6.58. The minimum atomic E-state index is -0.180. The molecule has 0 bridgehead atoms. The molecule has 0 aromatic heterocycles. The van der Waals surface area contributed by atoms with Gasteiger partial charge >= 0.3 is 0 Å². The average Bonchev–Trinajstić information content (AvgIpc) is 2.88. The highest BCUT2D eigenvalue weighted by Crippen LogP contribution is 2.33. The molecule has 98 valence electrons. The zero-order valence-corrected chi connectivity index (χ0v) is 11.4. The topological polar surface area (TPSA) is 12.0 Å². The van der Waals surface area contributed by atoms with Gasteiger partial charge in [0, 0.05) is 10.6 Å². The van der Waals surface area contributed by atoms with Crippen molar-refractivity contribution in [3.8, 4) is 0 Å². The van der Waals surface area contributed by atoms with Crippen molar-refractivity contribution in [2.24, 2.45) is 0 Å². The third-order valence-electron chi connectivity index (χ3n) is 3.31. The first-order valence-electron chi connectivity index (χ1n) is 6.59. The Balaban J connectivity index is 2.29. The summed E-state index contributed by atoms with van der Waals surface area (Å²) in [5.74, 6) is -0.180. The maximum Gasteiger partial charge on any atom is 0.128 e. The van der Waals surface area contributed by atoms with Crippen molar-refractivity contribution in [2.75, 3.05) is 6.54 Å². The van der Waals surface area contributed by atoms with Gasteiger partial charge < -0.3 is 5.32 Å². The van der Waals surface area contributed by atoms with Crippen LogP contribution in [0, 0.1) is 5.82 Å². The fourth-order valence-corrected chi connectivity index (χ4v) is 2.60. The van der Waals surface area contributed by atoms with Gasteiger partial charge in [-0.25, -0.2) is 4.39 Å². The summed E-state index contributed by atoms with van der Waals surface area (Å²) >= 11 is 5.99. The van der Waals surface area contributed by atoms with E-state index >= 15 is 0 Å². The van der Waals surface area contributed by atoms with Crippen molar-refractivity contribution in [1.82, 2.24) is 5.32 Å². The third kappa shape index (κ3) is 3.12. The van der Waals surface area contributed by atoms with E-state index in [4.69, 9.17) is 11.6 Å². The van der Waals surface area contributed by atoms with E-state index in [2.05, 4.69) is 18.3 Å². The second kappa shape index (κ2) is 6.35. The summed E-state index contributed by atoms with van der Waals surface area (Å²) in [4.78, 5) is 0.